The van der Waals surface area contributed by atoms with Gasteiger partial charge in [-0.2, -0.15) is 0 Å². The van der Waals surface area contributed by atoms with Gasteiger partial charge in [-0.1, -0.05) is 6.92 Å². The summed E-state index contributed by atoms with van der Waals surface area (Å²) in [5.74, 6) is -0.627. The summed E-state index contributed by atoms with van der Waals surface area (Å²) in [6, 6.07) is 0.371. The van der Waals surface area contributed by atoms with Crippen LogP contribution >= 0.6 is 0 Å². The van der Waals surface area contributed by atoms with E-state index in [1.165, 1.54) is 0 Å². The molecule has 0 aromatic rings. The first kappa shape index (κ1) is 10.5. The lowest BCUT2D eigenvalue weighted by Gasteiger charge is -2.21. The highest BCUT2D eigenvalue weighted by molar-refractivity contribution is 5.67. The molecule has 1 aliphatic rings. The van der Waals surface area contributed by atoms with Crippen molar-refractivity contribution in [3.05, 3.63) is 0 Å². The van der Waals surface area contributed by atoms with Crippen LogP contribution in [0.15, 0.2) is 0 Å². The molecule has 0 aliphatic carbocycles. The van der Waals surface area contributed by atoms with E-state index >= 15 is 0 Å². The molecule has 76 valence electrons. The first-order chi connectivity index (χ1) is 6.06. The highest BCUT2D eigenvalue weighted by atomic mass is 16.4. The monoisotopic (exact) mass is 186 g/mol. The number of rotatable bonds is 3. The van der Waals surface area contributed by atoms with Gasteiger partial charge in [-0.15, -0.1) is 0 Å². The number of hydrogen-bond acceptors (Lipinski definition) is 3. The van der Waals surface area contributed by atoms with E-state index in [1.54, 1.807) is 0 Å². The van der Waals surface area contributed by atoms with Gasteiger partial charge in [-0.25, -0.2) is 0 Å². The molecule has 4 heteroatoms. The molecule has 1 heterocycles. The van der Waals surface area contributed by atoms with Crippen LogP contribution in [0.5, 0.6) is 0 Å². The predicted molar refractivity (Wildman–Crippen MR) is 50.4 cm³/mol. The molecule has 4 nitrogen and oxygen atoms in total. The smallest absolute Gasteiger partial charge is 0.303 e. The fourth-order valence-electron chi connectivity index (χ4n) is 2.24. The van der Waals surface area contributed by atoms with E-state index in [0.29, 0.717) is 6.04 Å². The molecule has 3 atom stereocenters. The molecule has 1 saturated heterocycles. The number of nitrogens with two attached hydrogens (primary N) is 1. The van der Waals surface area contributed by atoms with E-state index in [2.05, 4.69) is 11.8 Å². The van der Waals surface area contributed by atoms with E-state index < -0.39 is 5.97 Å². The highest BCUT2D eigenvalue weighted by Crippen LogP contribution is 2.25. The second-order valence-electron chi connectivity index (χ2n) is 3.85. The predicted octanol–water partition coefficient (Wildman–Crippen LogP) is 0.129. The maximum atomic E-state index is 10.5. The quantitative estimate of drug-likeness (QED) is 0.657. The molecule has 0 spiro atoms. The van der Waals surface area contributed by atoms with Gasteiger partial charge in [-0.05, 0) is 19.4 Å². The zero-order chi connectivity index (χ0) is 10.0. The molecule has 3 unspecified atom stereocenters. The number of aliphatic carboxylic acids is 1. The molecule has 0 aromatic carbocycles. The van der Waals surface area contributed by atoms with Crippen molar-refractivity contribution >= 4 is 5.97 Å². The van der Waals surface area contributed by atoms with E-state index in [9.17, 15) is 4.79 Å². The number of nitrogens with zero attached hydrogens (tertiary/aromatic N) is 1. The molecule has 0 aromatic heterocycles. The zero-order valence-corrected chi connectivity index (χ0v) is 8.23. The average molecular weight is 186 g/mol. The summed E-state index contributed by atoms with van der Waals surface area (Å²) in [4.78, 5) is 12.7. The third-order valence-corrected chi connectivity index (χ3v) is 2.93. The second-order valence-corrected chi connectivity index (χ2v) is 3.85. The van der Waals surface area contributed by atoms with Crippen molar-refractivity contribution in [1.29, 1.82) is 0 Å². The van der Waals surface area contributed by atoms with Crippen molar-refractivity contribution in [2.24, 2.45) is 11.7 Å². The zero-order valence-electron chi connectivity index (χ0n) is 8.23. The second kappa shape index (κ2) is 4.07. The average Bonchev–Trinajstić information content (AvgIpc) is 2.26. The van der Waals surface area contributed by atoms with Crippen molar-refractivity contribution in [1.82, 2.24) is 4.90 Å². The summed E-state index contributed by atoms with van der Waals surface area (Å²) in [6.45, 7) is 2.90. The molecule has 0 amide bonds. The maximum Gasteiger partial charge on any atom is 0.303 e. The van der Waals surface area contributed by atoms with Crippen LogP contribution in [0.1, 0.15) is 19.8 Å². The van der Waals surface area contributed by atoms with Crippen molar-refractivity contribution in [2.45, 2.75) is 31.8 Å². The first-order valence-corrected chi connectivity index (χ1v) is 4.73. The summed E-state index contributed by atoms with van der Waals surface area (Å²) >= 11 is 0. The van der Waals surface area contributed by atoms with E-state index in [1.807, 2.05) is 7.05 Å². The molecule has 0 radical (unpaired) electrons. The number of carboxylic acids is 1. The Morgan fingerprint density at radius 3 is 2.69 bits per heavy atom. The van der Waals surface area contributed by atoms with E-state index in [-0.39, 0.29) is 18.4 Å². The first-order valence-electron chi connectivity index (χ1n) is 4.73. The topological polar surface area (TPSA) is 66.6 Å². The van der Waals surface area contributed by atoms with Crippen molar-refractivity contribution in [3.63, 3.8) is 0 Å². The summed E-state index contributed by atoms with van der Waals surface area (Å²) in [7, 11) is 2.01. The lowest BCUT2D eigenvalue weighted by Crippen LogP contribution is -2.39. The fraction of sp³-hybridized carbons (Fsp3) is 0.889. The minimum Gasteiger partial charge on any atom is -0.481 e. The van der Waals surface area contributed by atoms with Gasteiger partial charge >= 0.3 is 5.97 Å². The van der Waals surface area contributed by atoms with Gasteiger partial charge in [-0.3, -0.25) is 4.79 Å². The SMILES string of the molecule is CCC1C(N)C(CC(=O)O)CN1C. The van der Waals surface area contributed by atoms with Crippen LogP contribution < -0.4 is 5.73 Å². The summed E-state index contributed by atoms with van der Waals surface area (Å²) < 4.78 is 0. The van der Waals surface area contributed by atoms with Crippen LogP contribution in [0.4, 0.5) is 0 Å². The van der Waals surface area contributed by atoms with E-state index in [4.69, 9.17) is 10.8 Å². The van der Waals surface area contributed by atoms with Gasteiger partial charge in [0.25, 0.3) is 0 Å². The lowest BCUT2D eigenvalue weighted by molar-refractivity contribution is -0.138. The number of hydrogen-bond donors (Lipinski definition) is 2. The van der Waals surface area contributed by atoms with Crippen molar-refractivity contribution in [2.75, 3.05) is 13.6 Å². The molecule has 3 N–H and O–H groups in total. The summed E-state index contributed by atoms with van der Waals surface area (Å²) in [5.41, 5.74) is 5.97. The van der Waals surface area contributed by atoms with Crippen molar-refractivity contribution in [3.8, 4) is 0 Å². The number of carbonyl (C=O) groups is 1. The lowest BCUT2D eigenvalue weighted by atomic mass is 9.95. The summed E-state index contributed by atoms with van der Waals surface area (Å²) in [6.07, 6.45) is 1.19. The molecule has 0 saturated carbocycles. The number of likely N-dealkylation sites (tertiary alicyclic amines) is 1. The number of carboxylic acid groups (broad SMARTS) is 1. The molecule has 13 heavy (non-hydrogen) atoms. The van der Waals surface area contributed by atoms with Crippen LogP contribution in [0.3, 0.4) is 0 Å². The van der Waals surface area contributed by atoms with Gasteiger partial charge in [0, 0.05) is 18.6 Å². The third-order valence-electron chi connectivity index (χ3n) is 2.93. The molecule has 1 rings (SSSR count). The maximum absolute atomic E-state index is 10.5. The van der Waals surface area contributed by atoms with Crippen molar-refractivity contribution < 1.29 is 9.90 Å². The Bertz CT molecular complexity index is 196. The van der Waals surface area contributed by atoms with Gasteiger partial charge in [0.05, 0.1) is 6.42 Å². The Kier molecular flexibility index (Phi) is 3.27. The molecule has 1 aliphatic heterocycles. The highest BCUT2D eigenvalue weighted by Gasteiger charge is 2.37. The molecule has 0 bridgehead atoms. The number of likely N-dealkylation sites (N-methyl/N-ethyl adjacent to an activating group) is 1. The van der Waals surface area contributed by atoms with Crippen LogP contribution in [-0.2, 0) is 4.79 Å². The van der Waals surface area contributed by atoms with Gasteiger partial charge in [0.15, 0.2) is 0 Å². The Morgan fingerprint density at radius 2 is 2.31 bits per heavy atom. The fourth-order valence-corrected chi connectivity index (χ4v) is 2.24. The van der Waals surface area contributed by atoms with Crippen LogP contribution in [0.2, 0.25) is 0 Å². The Labute approximate surface area is 78.7 Å². The third kappa shape index (κ3) is 2.19. The Balaban J connectivity index is 2.56. The van der Waals surface area contributed by atoms with Gasteiger partial charge in [0.2, 0.25) is 0 Å². The summed E-state index contributed by atoms with van der Waals surface area (Å²) in [5, 5.41) is 8.66. The molecular formula is C9H18N2O2. The normalized spacial score (nSPS) is 35.2. The minimum absolute atomic E-state index is 0.0195. The molecular weight excluding hydrogens is 168 g/mol. The Morgan fingerprint density at radius 1 is 1.69 bits per heavy atom. The largest absolute Gasteiger partial charge is 0.481 e. The van der Waals surface area contributed by atoms with Gasteiger partial charge in [0.1, 0.15) is 0 Å². The standard InChI is InChI=1S/C9H18N2O2/c1-3-7-9(10)6(4-8(12)13)5-11(7)2/h6-7,9H,3-5,10H2,1-2H3,(H,12,13). The Hall–Kier alpha value is -0.610. The minimum atomic E-state index is -0.745. The van der Waals surface area contributed by atoms with Crippen LogP contribution in [-0.4, -0.2) is 41.7 Å². The van der Waals surface area contributed by atoms with Crippen LogP contribution in [0, 0.1) is 5.92 Å². The van der Waals surface area contributed by atoms with E-state index in [0.717, 1.165) is 13.0 Å². The molecule has 1 fully saturated rings. The van der Waals surface area contributed by atoms with Crippen LogP contribution in [0.25, 0.3) is 0 Å². The van der Waals surface area contributed by atoms with Gasteiger partial charge < -0.3 is 15.7 Å².